The fraction of sp³-hybridized carbons (Fsp3) is 0.462. The molecule has 0 bridgehead atoms. The van der Waals surface area contributed by atoms with Crippen LogP contribution < -0.4 is 4.57 Å². The van der Waals surface area contributed by atoms with Gasteiger partial charge in [-0.2, -0.15) is 4.57 Å². The number of hydrogen-bond donors (Lipinski definition) is 0. The van der Waals surface area contributed by atoms with Gasteiger partial charge >= 0.3 is 5.97 Å². The molecule has 1 saturated carbocycles. The van der Waals surface area contributed by atoms with E-state index in [9.17, 15) is 4.79 Å². The average Bonchev–Trinajstić information content (AvgIpc) is 3.10. The van der Waals surface area contributed by atoms with Crippen LogP contribution in [-0.4, -0.2) is 12.1 Å². The maximum Gasteiger partial charge on any atom is 0.373 e. The fourth-order valence-electron chi connectivity index (χ4n) is 4.58. The maximum absolute atomic E-state index is 13.1. The number of carbonyl (C=O) groups excluding carboxylic acids is 1. The monoisotopic (exact) mass is 454 g/mol. The molecule has 3 atom stereocenters. The van der Waals surface area contributed by atoms with E-state index in [4.69, 9.17) is 4.74 Å². The lowest BCUT2D eigenvalue weighted by Crippen LogP contribution is -2.43. The highest BCUT2D eigenvalue weighted by atomic mass is 32.2. The molecule has 1 heterocycles. The van der Waals surface area contributed by atoms with Crippen LogP contribution in [0.2, 0.25) is 0 Å². The van der Waals surface area contributed by atoms with E-state index in [1.165, 1.54) is 16.7 Å². The average molecular weight is 455 g/mol. The summed E-state index contributed by atoms with van der Waals surface area (Å²) in [6, 6.07) is 18.8. The van der Waals surface area contributed by atoms with E-state index in [1.807, 2.05) is 12.1 Å². The van der Waals surface area contributed by atoms with E-state index in [-0.39, 0.29) is 18.6 Å². The predicted octanol–water partition coefficient (Wildman–Crippen LogP) is 6.49. The first-order valence-corrected chi connectivity index (χ1v) is 13.1. The predicted molar refractivity (Wildman–Crippen MR) is 129 cm³/mol. The molecule has 0 unspecified atom stereocenters. The maximum atomic E-state index is 13.1. The lowest BCUT2D eigenvalue weighted by Gasteiger charge is -2.36. The first-order valence-electron chi connectivity index (χ1n) is 11.3. The summed E-state index contributed by atoms with van der Waals surface area (Å²) in [6.45, 7) is 7.05. The molecular weight excluding hydrogens is 422 g/mol. The van der Waals surface area contributed by atoms with E-state index in [0.717, 1.165) is 28.5 Å². The highest BCUT2D eigenvalue weighted by molar-refractivity contribution is 8.00. The van der Waals surface area contributed by atoms with Gasteiger partial charge < -0.3 is 4.74 Å². The third kappa shape index (κ3) is 5.50. The molecule has 5 heteroatoms. The summed E-state index contributed by atoms with van der Waals surface area (Å²) >= 11 is 3.55. The quantitative estimate of drug-likeness (QED) is 0.232. The van der Waals surface area contributed by atoms with Gasteiger partial charge in [-0.3, -0.25) is 0 Å². The highest BCUT2D eigenvalue weighted by Crippen LogP contribution is 2.35. The second kappa shape index (κ2) is 10.2. The van der Waals surface area contributed by atoms with Gasteiger partial charge in [0.15, 0.2) is 0 Å². The van der Waals surface area contributed by atoms with Crippen molar-refractivity contribution in [3.8, 4) is 0 Å². The summed E-state index contributed by atoms with van der Waals surface area (Å²) in [7, 11) is 0. The summed E-state index contributed by atoms with van der Waals surface area (Å²) in [6.07, 6.45) is 3.42. The molecule has 1 fully saturated rings. The van der Waals surface area contributed by atoms with Gasteiger partial charge in [-0.15, -0.1) is 0 Å². The van der Waals surface area contributed by atoms with Crippen molar-refractivity contribution in [2.45, 2.75) is 62.8 Å². The van der Waals surface area contributed by atoms with Crippen LogP contribution in [0.1, 0.15) is 45.6 Å². The lowest BCUT2D eigenvalue weighted by atomic mass is 9.75. The molecule has 3 aromatic rings. The second-order valence-corrected chi connectivity index (χ2v) is 11.3. The molecular formula is C26H32NO2S2+. The van der Waals surface area contributed by atoms with Gasteiger partial charge in [-0.1, -0.05) is 81.0 Å². The number of benzene rings is 2. The molecule has 0 aliphatic heterocycles. The van der Waals surface area contributed by atoms with Crippen LogP contribution >= 0.6 is 23.1 Å². The Kier molecular flexibility index (Phi) is 7.34. The number of thioether (sulfide) groups is 1. The smallest absolute Gasteiger partial charge is 0.373 e. The summed E-state index contributed by atoms with van der Waals surface area (Å²) in [4.78, 5) is 13.1. The Balaban J connectivity index is 1.51. The normalized spacial score (nSPS) is 21.5. The van der Waals surface area contributed by atoms with E-state index in [0.29, 0.717) is 17.8 Å². The fourth-order valence-corrected chi connectivity index (χ4v) is 6.95. The molecule has 31 heavy (non-hydrogen) atoms. The molecule has 1 aromatic heterocycles. The Bertz CT molecular complexity index is 1010. The van der Waals surface area contributed by atoms with Gasteiger partial charge in [0.2, 0.25) is 12.1 Å². The van der Waals surface area contributed by atoms with E-state index in [2.05, 4.69) is 67.8 Å². The first kappa shape index (κ1) is 22.3. The number of esters is 1. The standard InChI is InChI=1S/C26H32NO2S2/c1-18(2)21-14-13-19(3)15-23(21)29-25(28)16-27-22-11-7-8-12-24(22)31-26(27)30-17-20-9-5-4-6-10-20/h4-12,18-19,21,23H,13-17H2,1-3H3/q+1/t19-,21+,23-/m1/s1. The molecule has 0 spiro atoms. The van der Waals surface area contributed by atoms with Crippen molar-refractivity contribution in [1.82, 2.24) is 0 Å². The molecule has 0 amide bonds. The molecule has 2 aromatic carbocycles. The minimum Gasteiger partial charge on any atom is -0.457 e. The van der Waals surface area contributed by atoms with Crippen molar-refractivity contribution in [3.05, 3.63) is 60.2 Å². The van der Waals surface area contributed by atoms with Crippen LogP contribution in [-0.2, 0) is 21.8 Å². The van der Waals surface area contributed by atoms with Gasteiger partial charge in [-0.05, 0) is 54.0 Å². The van der Waals surface area contributed by atoms with E-state index in [1.54, 1.807) is 23.1 Å². The number of ether oxygens (including phenoxy) is 1. The number of thiazole rings is 1. The lowest BCUT2D eigenvalue weighted by molar-refractivity contribution is -0.691. The van der Waals surface area contributed by atoms with Crippen molar-refractivity contribution in [1.29, 1.82) is 0 Å². The largest absolute Gasteiger partial charge is 0.457 e. The number of aromatic nitrogens is 1. The third-order valence-corrected chi connectivity index (χ3v) is 8.82. The number of para-hydroxylation sites is 1. The summed E-state index contributed by atoms with van der Waals surface area (Å²) in [5.74, 6) is 2.41. The summed E-state index contributed by atoms with van der Waals surface area (Å²) in [5, 5.41) is 0. The van der Waals surface area contributed by atoms with Crippen molar-refractivity contribution in [2.24, 2.45) is 17.8 Å². The van der Waals surface area contributed by atoms with Crippen molar-refractivity contribution >= 4 is 39.3 Å². The van der Waals surface area contributed by atoms with Gasteiger partial charge in [0.05, 0.1) is 0 Å². The van der Waals surface area contributed by atoms with Crippen LogP contribution in [0.15, 0.2) is 58.9 Å². The third-order valence-electron chi connectivity index (χ3n) is 6.31. The summed E-state index contributed by atoms with van der Waals surface area (Å²) in [5.41, 5.74) is 2.40. The van der Waals surface area contributed by atoms with Crippen LogP contribution in [0.4, 0.5) is 0 Å². The molecule has 1 aliphatic rings. The molecule has 1 aliphatic carbocycles. The van der Waals surface area contributed by atoms with Gasteiger partial charge in [0, 0.05) is 11.8 Å². The van der Waals surface area contributed by atoms with Gasteiger partial charge in [-0.25, -0.2) is 4.79 Å². The van der Waals surface area contributed by atoms with Gasteiger partial charge in [0.25, 0.3) is 4.34 Å². The van der Waals surface area contributed by atoms with Crippen LogP contribution in [0.25, 0.3) is 10.2 Å². The zero-order chi connectivity index (χ0) is 21.8. The minimum absolute atomic E-state index is 0.0437. The topological polar surface area (TPSA) is 30.2 Å². The van der Waals surface area contributed by atoms with Crippen molar-refractivity contribution in [2.75, 3.05) is 0 Å². The summed E-state index contributed by atoms with van der Waals surface area (Å²) < 4.78 is 10.6. The number of rotatable bonds is 7. The van der Waals surface area contributed by atoms with E-state index < -0.39 is 0 Å². The van der Waals surface area contributed by atoms with Crippen LogP contribution in [0.5, 0.6) is 0 Å². The Morgan fingerprint density at radius 1 is 1.13 bits per heavy atom. The van der Waals surface area contributed by atoms with Gasteiger partial charge in [0.1, 0.15) is 10.8 Å². The minimum atomic E-state index is -0.111. The number of fused-ring (bicyclic) bond motifs is 1. The number of nitrogens with zero attached hydrogens (tertiary/aromatic N) is 1. The zero-order valence-corrected chi connectivity index (χ0v) is 20.3. The second-order valence-electron chi connectivity index (χ2n) is 9.05. The van der Waals surface area contributed by atoms with Crippen LogP contribution in [0.3, 0.4) is 0 Å². The number of carbonyl (C=O) groups is 1. The first-order chi connectivity index (χ1) is 15.0. The Morgan fingerprint density at radius 2 is 1.87 bits per heavy atom. The molecule has 3 nitrogen and oxygen atoms in total. The molecule has 0 radical (unpaired) electrons. The molecule has 4 rings (SSSR count). The highest BCUT2D eigenvalue weighted by Gasteiger charge is 2.34. The molecule has 0 N–H and O–H groups in total. The Hall–Kier alpha value is -1.85. The zero-order valence-electron chi connectivity index (χ0n) is 18.6. The molecule has 164 valence electrons. The van der Waals surface area contributed by atoms with Crippen LogP contribution in [0, 0.1) is 17.8 Å². The van der Waals surface area contributed by atoms with Crippen molar-refractivity contribution < 1.29 is 14.1 Å². The Labute approximate surface area is 193 Å². The number of hydrogen-bond acceptors (Lipinski definition) is 4. The van der Waals surface area contributed by atoms with E-state index >= 15 is 0 Å². The molecule has 0 saturated heterocycles. The SMILES string of the molecule is CC(C)[C@@H]1CC[C@@H](C)C[C@H]1OC(=O)C[n+]1c(SCc2ccccc2)sc2ccccc21. The Morgan fingerprint density at radius 3 is 2.65 bits per heavy atom. The van der Waals surface area contributed by atoms with Crippen molar-refractivity contribution in [3.63, 3.8) is 0 Å².